The van der Waals surface area contributed by atoms with Crippen LogP contribution in [0.15, 0.2) is 54.0 Å². The molecule has 2 aromatic carbocycles. The Bertz CT molecular complexity index is 1250. The highest BCUT2D eigenvalue weighted by molar-refractivity contribution is 7.17. The van der Waals surface area contributed by atoms with Crippen LogP contribution in [-0.4, -0.2) is 55.2 Å². The molecule has 1 saturated heterocycles. The highest BCUT2D eigenvalue weighted by Crippen LogP contribution is 2.37. The molecule has 32 heavy (non-hydrogen) atoms. The van der Waals surface area contributed by atoms with E-state index in [1.165, 1.54) is 10.1 Å². The summed E-state index contributed by atoms with van der Waals surface area (Å²) < 4.78 is 6.92. The number of rotatable bonds is 5. The topological polar surface area (TPSA) is 79.5 Å². The molecule has 0 bridgehead atoms. The number of hydrogen-bond acceptors (Lipinski definition) is 8. The predicted molar refractivity (Wildman–Crippen MR) is 133 cm³/mol. The number of methoxy groups -OCH3 is 1. The number of nitrogens with two attached hydrogens (primary N) is 1. The molecule has 1 aliphatic rings. The van der Waals surface area contributed by atoms with Crippen LogP contribution < -0.4 is 20.7 Å². The predicted octanol–water partition coefficient (Wildman–Crippen LogP) is 4.44. The number of likely N-dealkylation sites (N-methyl/N-ethyl adjacent to an activating group) is 1. The van der Waals surface area contributed by atoms with Crippen molar-refractivity contribution in [1.82, 2.24) is 14.9 Å². The fourth-order valence-corrected chi connectivity index (χ4v) is 4.99. The molecule has 0 amide bonds. The van der Waals surface area contributed by atoms with E-state index in [4.69, 9.17) is 15.5 Å². The van der Waals surface area contributed by atoms with E-state index in [2.05, 4.69) is 56.8 Å². The number of ether oxygens (including phenoxy) is 1. The van der Waals surface area contributed by atoms with Crippen LogP contribution >= 0.6 is 11.3 Å². The smallest absolute Gasteiger partial charge is 0.227 e. The first-order chi connectivity index (χ1) is 15.6. The number of thiophene rings is 1. The number of hydrogen-bond donors (Lipinski definition) is 2. The maximum absolute atomic E-state index is 6.44. The SMILES string of the molecule is COc1cc(N2CCN(C)CC2)c(N)cc1Nc1nccc(-c2csc3ccccc23)n1. The molecule has 1 fully saturated rings. The zero-order valence-electron chi connectivity index (χ0n) is 18.2. The van der Waals surface area contributed by atoms with Crippen LogP contribution in [0, 0.1) is 0 Å². The lowest BCUT2D eigenvalue weighted by atomic mass is 10.1. The van der Waals surface area contributed by atoms with Crippen LogP contribution in [0.2, 0.25) is 0 Å². The van der Waals surface area contributed by atoms with Gasteiger partial charge in [-0.15, -0.1) is 11.3 Å². The van der Waals surface area contributed by atoms with Crippen molar-refractivity contribution < 1.29 is 4.74 Å². The van der Waals surface area contributed by atoms with E-state index in [1.807, 2.05) is 18.2 Å². The molecule has 0 spiro atoms. The third-order valence-electron chi connectivity index (χ3n) is 5.85. The van der Waals surface area contributed by atoms with E-state index in [9.17, 15) is 0 Å². The first-order valence-corrected chi connectivity index (χ1v) is 11.5. The Morgan fingerprint density at radius 3 is 2.72 bits per heavy atom. The first kappa shape index (κ1) is 20.5. The standard InChI is InChI=1S/C24H26N6OS/c1-29-9-11-30(12-10-29)21-14-22(31-2)20(13-18(21)25)28-24-26-8-7-19(27-24)17-15-32-23-6-4-3-5-16(17)23/h3-8,13-15H,9-12,25H2,1-2H3,(H,26,27,28). The van der Waals surface area contributed by atoms with Crippen LogP contribution in [-0.2, 0) is 0 Å². The molecule has 5 rings (SSSR count). The minimum Gasteiger partial charge on any atom is -0.494 e. The van der Waals surface area contributed by atoms with Gasteiger partial charge in [0.15, 0.2) is 0 Å². The number of nitrogens with one attached hydrogen (secondary N) is 1. The zero-order valence-corrected chi connectivity index (χ0v) is 19.0. The minimum atomic E-state index is 0.503. The number of piperazine rings is 1. The van der Waals surface area contributed by atoms with Crippen molar-refractivity contribution in [1.29, 1.82) is 0 Å². The van der Waals surface area contributed by atoms with Gasteiger partial charge in [0.2, 0.25) is 5.95 Å². The number of nitrogens with zero attached hydrogens (tertiary/aromatic N) is 4. The lowest BCUT2D eigenvalue weighted by Crippen LogP contribution is -2.44. The Morgan fingerprint density at radius 2 is 1.91 bits per heavy atom. The monoisotopic (exact) mass is 446 g/mol. The molecule has 164 valence electrons. The van der Waals surface area contributed by atoms with Gasteiger partial charge in [-0.25, -0.2) is 9.97 Å². The molecule has 2 aromatic heterocycles. The lowest BCUT2D eigenvalue weighted by Gasteiger charge is -2.35. The molecule has 8 heteroatoms. The number of aromatic nitrogens is 2. The van der Waals surface area contributed by atoms with Crippen molar-refractivity contribution in [3.63, 3.8) is 0 Å². The molecule has 3 N–H and O–H groups in total. The van der Waals surface area contributed by atoms with Crippen LogP contribution in [0.4, 0.5) is 23.0 Å². The van der Waals surface area contributed by atoms with Gasteiger partial charge in [-0.2, -0.15) is 0 Å². The Kier molecular flexibility index (Phi) is 5.55. The fourth-order valence-electron chi connectivity index (χ4n) is 4.04. The van der Waals surface area contributed by atoms with Gasteiger partial charge in [-0.3, -0.25) is 0 Å². The van der Waals surface area contributed by atoms with E-state index in [0.29, 0.717) is 17.4 Å². The summed E-state index contributed by atoms with van der Waals surface area (Å²) in [5.41, 5.74) is 10.9. The van der Waals surface area contributed by atoms with Gasteiger partial charge >= 0.3 is 0 Å². The van der Waals surface area contributed by atoms with E-state index in [-0.39, 0.29) is 0 Å². The van der Waals surface area contributed by atoms with Crippen LogP contribution in [0.5, 0.6) is 5.75 Å². The van der Waals surface area contributed by atoms with Gasteiger partial charge in [0.25, 0.3) is 0 Å². The molecule has 0 radical (unpaired) electrons. The third kappa shape index (κ3) is 3.94. The summed E-state index contributed by atoms with van der Waals surface area (Å²) in [6.07, 6.45) is 1.77. The van der Waals surface area contributed by atoms with Crippen molar-refractivity contribution in [2.24, 2.45) is 0 Å². The summed E-state index contributed by atoms with van der Waals surface area (Å²) in [4.78, 5) is 13.8. The molecule has 3 heterocycles. The number of anilines is 4. The Morgan fingerprint density at radius 1 is 1.09 bits per heavy atom. The highest BCUT2D eigenvalue weighted by atomic mass is 32.1. The number of benzene rings is 2. The Hall–Kier alpha value is -3.36. The second kappa shape index (κ2) is 8.64. The number of nitrogen functional groups attached to an aromatic ring is 1. The Labute approximate surface area is 191 Å². The van der Waals surface area contributed by atoms with Gasteiger partial charge in [-0.1, -0.05) is 18.2 Å². The molecule has 4 aromatic rings. The van der Waals surface area contributed by atoms with E-state index < -0.39 is 0 Å². The molecule has 1 aliphatic heterocycles. The maximum atomic E-state index is 6.44. The van der Waals surface area contributed by atoms with E-state index in [0.717, 1.165) is 48.8 Å². The molecular weight excluding hydrogens is 420 g/mol. The first-order valence-electron chi connectivity index (χ1n) is 10.6. The van der Waals surface area contributed by atoms with Crippen molar-refractivity contribution >= 4 is 44.4 Å². The molecule has 0 aliphatic carbocycles. The van der Waals surface area contributed by atoms with E-state index in [1.54, 1.807) is 24.6 Å². The molecule has 0 unspecified atom stereocenters. The van der Waals surface area contributed by atoms with Gasteiger partial charge < -0.3 is 25.6 Å². The van der Waals surface area contributed by atoms with Crippen LogP contribution in [0.1, 0.15) is 0 Å². The summed E-state index contributed by atoms with van der Waals surface area (Å²) in [5.74, 6) is 1.21. The summed E-state index contributed by atoms with van der Waals surface area (Å²) in [6, 6.07) is 14.2. The molecule has 0 saturated carbocycles. The minimum absolute atomic E-state index is 0.503. The highest BCUT2D eigenvalue weighted by Gasteiger charge is 2.19. The maximum Gasteiger partial charge on any atom is 0.227 e. The van der Waals surface area contributed by atoms with Gasteiger partial charge in [0, 0.05) is 59.5 Å². The summed E-state index contributed by atoms with van der Waals surface area (Å²) >= 11 is 1.72. The van der Waals surface area contributed by atoms with Crippen molar-refractivity contribution in [2.75, 3.05) is 56.3 Å². The second-order valence-electron chi connectivity index (χ2n) is 7.94. The largest absolute Gasteiger partial charge is 0.494 e. The van der Waals surface area contributed by atoms with Crippen molar-refractivity contribution in [3.8, 4) is 17.0 Å². The summed E-state index contributed by atoms with van der Waals surface area (Å²) in [5, 5.41) is 6.64. The average Bonchev–Trinajstić information content (AvgIpc) is 3.24. The normalized spacial score (nSPS) is 14.6. The molecule has 7 nitrogen and oxygen atoms in total. The molecular formula is C24H26N6OS. The summed E-state index contributed by atoms with van der Waals surface area (Å²) in [6.45, 7) is 3.91. The lowest BCUT2D eigenvalue weighted by molar-refractivity contribution is 0.313. The average molecular weight is 447 g/mol. The van der Waals surface area contributed by atoms with Gasteiger partial charge in [0.1, 0.15) is 5.75 Å². The molecule has 0 atom stereocenters. The Balaban J connectivity index is 1.44. The quantitative estimate of drug-likeness (QED) is 0.439. The van der Waals surface area contributed by atoms with Crippen molar-refractivity contribution in [2.45, 2.75) is 0 Å². The van der Waals surface area contributed by atoms with Gasteiger partial charge in [-0.05, 0) is 25.2 Å². The van der Waals surface area contributed by atoms with E-state index >= 15 is 0 Å². The number of fused-ring (bicyclic) bond motifs is 1. The fraction of sp³-hybridized carbons (Fsp3) is 0.250. The van der Waals surface area contributed by atoms with Crippen molar-refractivity contribution in [3.05, 3.63) is 54.0 Å². The third-order valence-corrected chi connectivity index (χ3v) is 6.82. The van der Waals surface area contributed by atoms with Gasteiger partial charge in [0.05, 0.1) is 29.9 Å². The zero-order chi connectivity index (χ0) is 22.1. The summed E-state index contributed by atoms with van der Waals surface area (Å²) in [7, 11) is 3.81. The van der Waals surface area contributed by atoms with Crippen LogP contribution in [0.3, 0.4) is 0 Å². The second-order valence-corrected chi connectivity index (χ2v) is 8.85. The van der Waals surface area contributed by atoms with Crippen LogP contribution in [0.25, 0.3) is 21.3 Å².